The molecule has 16 heteroatoms. The van der Waals surface area contributed by atoms with Crippen LogP contribution in [0.3, 0.4) is 0 Å². The van der Waals surface area contributed by atoms with Gasteiger partial charge in [0.05, 0.1) is 25.7 Å². The molecule has 14 nitrogen and oxygen atoms in total. The van der Waals surface area contributed by atoms with E-state index < -0.39 is 72.7 Å². The van der Waals surface area contributed by atoms with Crippen LogP contribution in [0.15, 0.2) is 0 Å². The first kappa shape index (κ1) is 34.3. The molecule has 0 saturated heterocycles. The zero-order valence-corrected chi connectivity index (χ0v) is 19.1. The molecule has 1 unspecified atom stereocenters. The molecule has 0 radical (unpaired) electrons. The second kappa shape index (κ2) is 13.8. The van der Waals surface area contributed by atoms with Gasteiger partial charge in [-0.3, -0.25) is 19.2 Å². The van der Waals surface area contributed by atoms with E-state index in [-0.39, 0.29) is 68.1 Å². The zero-order chi connectivity index (χ0) is 20.0. The summed E-state index contributed by atoms with van der Waals surface area (Å²) >= 11 is 0. The summed E-state index contributed by atoms with van der Waals surface area (Å²) < 4.78 is 4.33. The Bertz CT molecular complexity index is 617. The molecular weight excluding hydrogens is 412 g/mol. The largest absolute Gasteiger partial charge is 1.00 e. The van der Waals surface area contributed by atoms with Gasteiger partial charge < -0.3 is 44.4 Å². The molecule has 0 aromatic rings. The van der Waals surface area contributed by atoms with E-state index in [1.54, 1.807) is 0 Å². The maximum Gasteiger partial charge on any atom is 1.00 e. The molecule has 0 aliphatic carbocycles. The Morgan fingerprint density at radius 2 is 1.04 bits per heavy atom. The average Bonchev–Trinajstić information content (AvgIpc) is 2.34. The number of rotatable bonds is 11. The van der Waals surface area contributed by atoms with E-state index >= 15 is 0 Å². The SMILES string of the molecule is N.O=C(O)CC(O)(CC(=O)OC(CC(=O)O)(CC(=O)O)C(=O)O)C(=O)O.[H-].[H-].[Na+].[Na+]. The molecular formula is C12H19NNa2O13. The van der Waals surface area contributed by atoms with Gasteiger partial charge in [0.15, 0.2) is 5.60 Å². The Labute approximate surface area is 204 Å². The van der Waals surface area contributed by atoms with Crippen LogP contribution in [0.4, 0.5) is 0 Å². The van der Waals surface area contributed by atoms with E-state index in [2.05, 4.69) is 4.74 Å². The van der Waals surface area contributed by atoms with Crippen LogP contribution in [-0.2, 0) is 33.5 Å². The summed E-state index contributed by atoms with van der Waals surface area (Å²) in [6.45, 7) is 0. The van der Waals surface area contributed by atoms with Crippen LogP contribution in [0.5, 0.6) is 0 Å². The maximum absolute atomic E-state index is 11.7. The van der Waals surface area contributed by atoms with Crippen molar-refractivity contribution in [2.75, 3.05) is 0 Å². The monoisotopic (exact) mass is 431 g/mol. The van der Waals surface area contributed by atoms with Crippen molar-refractivity contribution in [3.05, 3.63) is 0 Å². The predicted octanol–water partition coefficient (Wildman–Crippen LogP) is -7.62. The van der Waals surface area contributed by atoms with E-state index in [1.807, 2.05) is 0 Å². The summed E-state index contributed by atoms with van der Waals surface area (Å²) in [7, 11) is 0. The Balaban J connectivity index is -0.000000288. The third kappa shape index (κ3) is 10.9. The van der Waals surface area contributed by atoms with E-state index in [0.29, 0.717) is 0 Å². The second-order valence-corrected chi connectivity index (χ2v) is 5.00. The van der Waals surface area contributed by atoms with Gasteiger partial charge in [0.25, 0.3) is 0 Å². The molecule has 0 bridgehead atoms. The molecule has 0 saturated carbocycles. The molecule has 0 aliphatic rings. The van der Waals surface area contributed by atoms with Gasteiger partial charge in [0, 0.05) is 0 Å². The van der Waals surface area contributed by atoms with Crippen LogP contribution in [0.1, 0.15) is 28.5 Å². The van der Waals surface area contributed by atoms with Gasteiger partial charge in [0.2, 0.25) is 5.60 Å². The molecule has 9 N–H and O–H groups in total. The number of esters is 1. The molecule has 0 aromatic carbocycles. The fourth-order valence-corrected chi connectivity index (χ4v) is 1.77. The Morgan fingerprint density at radius 3 is 1.29 bits per heavy atom. The van der Waals surface area contributed by atoms with E-state index in [1.165, 1.54) is 0 Å². The first-order chi connectivity index (χ1) is 11.2. The van der Waals surface area contributed by atoms with Crippen molar-refractivity contribution < 1.29 is 126 Å². The number of aliphatic carboxylic acids is 5. The van der Waals surface area contributed by atoms with Crippen LogP contribution in [0.2, 0.25) is 0 Å². The molecule has 28 heavy (non-hydrogen) atoms. The minimum atomic E-state index is -3.17. The normalized spacial score (nSPS) is 11.9. The molecule has 0 fully saturated rings. The van der Waals surface area contributed by atoms with Gasteiger partial charge in [-0.2, -0.15) is 0 Å². The zero-order valence-electron chi connectivity index (χ0n) is 17.1. The molecule has 0 aliphatic heterocycles. The van der Waals surface area contributed by atoms with Crippen LogP contribution >= 0.6 is 0 Å². The van der Waals surface area contributed by atoms with Crippen molar-refractivity contribution in [2.24, 2.45) is 0 Å². The molecule has 0 spiro atoms. The van der Waals surface area contributed by atoms with Gasteiger partial charge in [-0.25, -0.2) is 9.59 Å². The van der Waals surface area contributed by atoms with Crippen molar-refractivity contribution in [2.45, 2.75) is 36.9 Å². The summed E-state index contributed by atoms with van der Waals surface area (Å²) in [4.78, 5) is 66.0. The fourth-order valence-electron chi connectivity index (χ4n) is 1.77. The standard InChI is InChI=1S/C12H14O13.H3N.2Na.2H/c13-5(14)1-11(24,9(20)21)4-8(19)25-12(10(22)23,2-6(15)16)3-7(17)18;;;;;/h24H,1-4H2,(H,13,14)(H,15,16)(H,17,18)(H,20,21)(H,22,23);1H3;;;;/q;;2*+1;2*-1. The maximum atomic E-state index is 11.7. The second-order valence-electron chi connectivity index (χ2n) is 5.00. The minimum Gasteiger partial charge on any atom is -1.00 e. The van der Waals surface area contributed by atoms with Crippen molar-refractivity contribution in [3.8, 4) is 0 Å². The Hall–Kier alpha value is -1.26. The number of carbonyl (C=O) groups is 6. The van der Waals surface area contributed by atoms with E-state index in [4.69, 9.17) is 25.5 Å². The fraction of sp³-hybridized carbons (Fsp3) is 0.500. The predicted molar refractivity (Wildman–Crippen MR) is 77.7 cm³/mol. The average molecular weight is 431 g/mol. The molecule has 0 heterocycles. The summed E-state index contributed by atoms with van der Waals surface area (Å²) in [5.41, 5.74) is -6.24. The first-order valence-corrected chi connectivity index (χ1v) is 6.30. The third-order valence-corrected chi connectivity index (χ3v) is 2.85. The van der Waals surface area contributed by atoms with Crippen molar-refractivity contribution >= 4 is 35.8 Å². The molecule has 152 valence electrons. The van der Waals surface area contributed by atoms with Gasteiger partial charge in [-0.15, -0.1) is 0 Å². The third-order valence-electron chi connectivity index (χ3n) is 2.85. The molecule has 0 rings (SSSR count). The van der Waals surface area contributed by atoms with Gasteiger partial charge in [-0.05, 0) is 0 Å². The van der Waals surface area contributed by atoms with Crippen LogP contribution in [-0.4, -0.2) is 77.7 Å². The summed E-state index contributed by atoms with van der Waals surface area (Å²) in [5, 5.41) is 53.5. The molecule has 0 amide bonds. The quantitative estimate of drug-likeness (QED) is 0.118. The van der Waals surface area contributed by atoms with Crippen LogP contribution in [0, 0.1) is 0 Å². The van der Waals surface area contributed by atoms with Crippen LogP contribution < -0.4 is 65.3 Å². The van der Waals surface area contributed by atoms with E-state index in [0.717, 1.165) is 0 Å². The van der Waals surface area contributed by atoms with Crippen molar-refractivity contribution in [1.29, 1.82) is 0 Å². The van der Waals surface area contributed by atoms with Gasteiger partial charge in [-0.1, -0.05) is 0 Å². The Kier molecular flexibility index (Phi) is 16.9. The number of aliphatic hydroxyl groups is 1. The van der Waals surface area contributed by atoms with Crippen molar-refractivity contribution in [1.82, 2.24) is 6.15 Å². The topological polar surface area (TPSA) is 268 Å². The summed E-state index contributed by atoms with van der Waals surface area (Å²) in [6, 6.07) is 0. The minimum absolute atomic E-state index is 0. The number of carbonyl (C=O) groups excluding carboxylic acids is 1. The number of carboxylic acids is 5. The Morgan fingerprint density at radius 1 is 0.679 bits per heavy atom. The summed E-state index contributed by atoms with van der Waals surface area (Å²) in [6.07, 6.45) is -5.94. The van der Waals surface area contributed by atoms with Gasteiger partial charge >= 0.3 is 94.9 Å². The van der Waals surface area contributed by atoms with E-state index in [9.17, 15) is 33.9 Å². The van der Waals surface area contributed by atoms with Crippen LogP contribution in [0.25, 0.3) is 0 Å². The molecule has 0 aromatic heterocycles. The first-order valence-electron chi connectivity index (χ1n) is 6.30. The van der Waals surface area contributed by atoms with Crippen molar-refractivity contribution in [3.63, 3.8) is 0 Å². The smallest absolute Gasteiger partial charge is 1.00 e. The molecule has 1 atom stereocenters. The number of carboxylic acid groups (broad SMARTS) is 5. The number of hydrogen-bond donors (Lipinski definition) is 7. The summed E-state index contributed by atoms with van der Waals surface area (Å²) in [5.74, 6) is -11.6. The number of hydrogen-bond acceptors (Lipinski definition) is 9. The van der Waals surface area contributed by atoms with Gasteiger partial charge in [0.1, 0.15) is 0 Å². The number of ether oxygens (including phenoxy) is 1.